The molecular weight excluding hydrogens is 348 g/mol. The Hall–Kier alpha value is -2.18. The topological polar surface area (TPSA) is 72.2 Å². The van der Waals surface area contributed by atoms with Crippen molar-refractivity contribution in [2.24, 2.45) is 0 Å². The second-order valence-electron chi connectivity index (χ2n) is 5.44. The number of nitrogens with zero attached hydrogens (tertiary/aromatic N) is 2. The molecule has 0 spiro atoms. The maximum Gasteiger partial charge on any atom is 0.326 e. The molecule has 0 saturated heterocycles. The molecule has 0 aliphatic rings. The van der Waals surface area contributed by atoms with E-state index in [1.807, 2.05) is 19.1 Å². The molecule has 0 aliphatic carbocycles. The van der Waals surface area contributed by atoms with Crippen LogP contribution in [0.25, 0.3) is 21.3 Å². The minimum absolute atomic E-state index is 0.307. The number of halogens is 1. The lowest BCUT2D eigenvalue weighted by atomic mass is 10.0. The zero-order valence-corrected chi connectivity index (χ0v) is 14.7. The molecule has 0 bridgehead atoms. The summed E-state index contributed by atoms with van der Waals surface area (Å²) < 4.78 is 1.20. The Morgan fingerprint density at radius 2 is 2.04 bits per heavy atom. The zero-order chi connectivity index (χ0) is 17.4. The van der Waals surface area contributed by atoms with E-state index in [2.05, 4.69) is 4.98 Å². The average molecular weight is 363 g/mol. The highest BCUT2D eigenvalue weighted by Crippen LogP contribution is 2.36. The van der Waals surface area contributed by atoms with Gasteiger partial charge in [-0.25, -0.2) is 9.78 Å². The molecule has 124 valence electrons. The van der Waals surface area contributed by atoms with Crippen LogP contribution in [0.1, 0.15) is 24.3 Å². The third kappa shape index (κ3) is 2.72. The molecular formula is C17H15ClN2O3S. The highest BCUT2D eigenvalue weighted by atomic mass is 35.5. The number of hydrogen-bond acceptors (Lipinski definition) is 4. The summed E-state index contributed by atoms with van der Waals surface area (Å²) in [5, 5.41) is 10.4. The van der Waals surface area contributed by atoms with Crippen molar-refractivity contribution in [3.63, 3.8) is 0 Å². The van der Waals surface area contributed by atoms with Gasteiger partial charge in [0.25, 0.3) is 5.56 Å². The van der Waals surface area contributed by atoms with E-state index in [1.165, 1.54) is 22.2 Å². The molecule has 0 aliphatic heterocycles. The Kier molecular flexibility index (Phi) is 4.43. The van der Waals surface area contributed by atoms with Gasteiger partial charge in [0, 0.05) is 15.5 Å². The summed E-state index contributed by atoms with van der Waals surface area (Å²) in [6.45, 7) is 3.66. The van der Waals surface area contributed by atoms with Gasteiger partial charge >= 0.3 is 5.97 Å². The number of aryl methyl sites for hydroxylation is 1. The number of carboxylic acids is 1. The van der Waals surface area contributed by atoms with Gasteiger partial charge in [0.05, 0.1) is 11.7 Å². The maximum absolute atomic E-state index is 12.9. The quantitative estimate of drug-likeness (QED) is 0.757. The van der Waals surface area contributed by atoms with Crippen molar-refractivity contribution in [3.8, 4) is 11.1 Å². The van der Waals surface area contributed by atoms with Gasteiger partial charge in [-0.15, -0.1) is 11.3 Å². The van der Waals surface area contributed by atoms with Crippen LogP contribution in [0.3, 0.4) is 0 Å². The first-order valence-corrected chi connectivity index (χ1v) is 8.62. The van der Waals surface area contributed by atoms with E-state index < -0.39 is 12.0 Å². The van der Waals surface area contributed by atoms with Gasteiger partial charge in [-0.3, -0.25) is 9.36 Å². The van der Waals surface area contributed by atoms with E-state index in [4.69, 9.17) is 11.6 Å². The Labute approximate surface area is 147 Å². The number of aliphatic carboxylic acids is 1. The second kappa shape index (κ2) is 6.37. The molecule has 3 rings (SSSR count). The van der Waals surface area contributed by atoms with Gasteiger partial charge in [0.2, 0.25) is 0 Å². The zero-order valence-electron chi connectivity index (χ0n) is 13.1. The van der Waals surface area contributed by atoms with E-state index in [0.717, 1.165) is 16.0 Å². The molecule has 1 atom stereocenters. The van der Waals surface area contributed by atoms with Crippen LogP contribution in [0.2, 0.25) is 5.02 Å². The molecule has 3 aromatic rings. The van der Waals surface area contributed by atoms with Crippen molar-refractivity contribution in [2.75, 3.05) is 0 Å². The maximum atomic E-state index is 12.9. The Morgan fingerprint density at radius 1 is 1.38 bits per heavy atom. The number of aromatic nitrogens is 2. The molecule has 1 unspecified atom stereocenters. The van der Waals surface area contributed by atoms with Crippen molar-refractivity contribution in [3.05, 3.63) is 50.8 Å². The van der Waals surface area contributed by atoms with Crippen LogP contribution in [-0.4, -0.2) is 20.6 Å². The summed E-state index contributed by atoms with van der Waals surface area (Å²) >= 11 is 7.37. The van der Waals surface area contributed by atoms with Crippen molar-refractivity contribution < 1.29 is 9.90 Å². The SMILES string of the molecule is CCC(C(=O)O)n1cnc2sc(C)c(-c3ccc(Cl)cc3)c2c1=O. The van der Waals surface area contributed by atoms with Crippen LogP contribution in [0, 0.1) is 6.92 Å². The molecule has 2 aromatic heterocycles. The van der Waals surface area contributed by atoms with E-state index in [9.17, 15) is 14.7 Å². The van der Waals surface area contributed by atoms with E-state index >= 15 is 0 Å². The van der Waals surface area contributed by atoms with Crippen molar-refractivity contribution in [2.45, 2.75) is 26.3 Å². The molecule has 7 heteroatoms. The van der Waals surface area contributed by atoms with Crippen LogP contribution in [-0.2, 0) is 4.79 Å². The highest BCUT2D eigenvalue weighted by molar-refractivity contribution is 7.19. The van der Waals surface area contributed by atoms with Crippen LogP contribution in [0.4, 0.5) is 0 Å². The van der Waals surface area contributed by atoms with Crippen LogP contribution >= 0.6 is 22.9 Å². The highest BCUT2D eigenvalue weighted by Gasteiger charge is 2.23. The lowest BCUT2D eigenvalue weighted by Crippen LogP contribution is -2.29. The number of rotatable bonds is 4. The minimum atomic E-state index is -1.04. The fourth-order valence-corrected chi connectivity index (χ4v) is 3.92. The summed E-state index contributed by atoms with van der Waals surface area (Å²) in [7, 11) is 0. The van der Waals surface area contributed by atoms with E-state index in [0.29, 0.717) is 21.7 Å². The number of fused-ring (bicyclic) bond motifs is 1. The van der Waals surface area contributed by atoms with Crippen molar-refractivity contribution in [1.82, 2.24) is 9.55 Å². The van der Waals surface area contributed by atoms with Crippen molar-refractivity contribution in [1.29, 1.82) is 0 Å². The molecule has 1 N–H and O–H groups in total. The summed E-state index contributed by atoms with van der Waals surface area (Å²) in [5.74, 6) is -1.04. The lowest BCUT2D eigenvalue weighted by Gasteiger charge is -2.13. The lowest BCUT2D eigenvalue weighted by molar-refractivity contribution is -0.141. The Balaban J connectivity index is 2.31. The number of thiophene rings is 1. The first-order chi connectivity index (χ1) is 11.4. The molecule has 0 amide bonds. The molecule has 2 heterocycles. The summed E-state index contributed by atoms with van der Waals surface area (Å²) in [4.78, 5) is 30.2. The molecule has 24 heavy (non-hydrogen) atoms. The van der Waals surface area contributed by atoms with E-state index in [-0.39, 0.29) is 5.56 Å². The predicted molar refractivity (Wildman–Crippen MR) is 96.0 cm³/mol. The van der Waals surface area contributed by atoms with Gasteiger partial charge in [0.15, 0.2) is 0 Å². The summed E-state index contributed by atoms with van der Waals surface area (Å²) in [6.07, 6.45) is 1.64. The van der Waals surface area contributed by atoms with Gasteiger partial charge in [0.1, 0.15) is 10.9 Å². The van der Waals surface area contributed by atoms with Crippen LogP contribution in [0.5, 0.6) is 0 Å². The summed E-state index contributed by atoms with van der Waals surface area (Å²) in [5.41, 5.74) is 1.32. The van der Waals surface area contributed by atoms with E-state index in [1.54, 1.807) is 19.1 Å². The molecule has 5 nitrogen and oxygen atoms in total. The van der Waals surface area contributed by atoms with Crippen LogP contribution in [0.15, 0.2) is 35.4 Å². The Morgan fingerprint density at radius 3 is 2.62 bits per heavy atom. The second-order valence-corrected chi connectivity index (χ2v) is 7.08. The van der Waals surface area contributed by atoms with Gasteiger partial charge in [-0.1, -0.05) is 30.7 Å². The standard InChI is InChI=1S/C17H15ClN2O3S/c1-3-12(17(22)23)20-8-19-15-14(16(20)21)13(9(2)24-15)10-4-6-11(18)7-5-10/h4-8,12H,3H2,1-2H3,(H,22,23). The fourth-order valence-electron chi connectivity index (χ4n) is 2.79. The molecule has 0 fully saturated rings. The smallest absolute Gasteiger partial charge is 0.326 e. The number of carboxylic acid groups (broad SMARTS) is 1. The van der Waals surface area contributed by atoms with Crippen molar-refractivity contribution >= 4 is 39.1 Å². The Bertz CT molecular complexity index is 976. The van der Waals surface area contributed by atoms with Gasteiger partial charge in [-0.05, 0) is 31.0 Å². The number of hydrogen-bond donors (Lipinski definition) is 1. The normalized spacial score (nSPS) is 12.5. The van der Waals surface area contributed by atoms with Gasteiger partial charge < -0.3 is 5.11 Å². The fraction of sp³-hybridized carbons (Fsp3) is 0.235. The first-order valence-electron chi connectivity index (χ1n) is 7.43. The third-order valence-electron chi connectivity index (χ3n) is 3.95. The van der Waals surface area contributed by atoms with Crippen LogP contribution < -0.4 is 5.56 Å². The largest absolute Gasteiger partial charge is 0.480 e. The predicted octanol–water partition coefficient (Wildman–Crippen LogP) is 4.12. The average Bonchev–Trinajstić information content (AvgIpc) is 2.88. The molecule has 0 saturated carbocycles. The molecule has 0 radical (unpaired) electrons. The summed E-state index contributed by atoms with van der Waals surface area (Å²) in [6, 6.07) is 6.30. The minimum Gasteiger partial charge on any atom is -0.480 e. The number of benzene rings is 1. The van der Waals surface area contributed by atoms with Gasteiger partial charge in [-0.2, -0.15) is 0 Å². The third-order valence-corrected chi connectivity index (χ3v) is 5.22. The molecule has 1 aromatic carbocycles. The monoisotopic (exact) mass is 362 g/mol. The first kappa shape index (κ1) is 16.7. The number of carbonyl (C=O) groups is 1.